The highest BCUT2D eigenvalue weighted by Gasteiger charge is 2.19. The molecule has 0 saturated carbocycles. The molecule has 3 aromatic rings. The Morgan fingerprint density at radius 3 is 2.90 bits per heavy atom. The van der Waals surface area contributed by atoms with Crippen molar-refractivity contribution in [3.8, 4) is 17.1 Å². The molecule has 1 atom stereocenters. The van der Waals surface area contributed by atoms with Gasteiger partial charge in [-0.3, -0.25) is 4.79 Å². The number of nitrogens with one attached hydrogen (secondary N) is 2. The van der Waals surface area contributed by atoms with Gasteiger partial charge in [0, 0.05) is 17.6 Å². The third-order valence-electron chi connectivity index (χ3n) is 4.13. The summed E-state index contributed by atoms with van der Waals surface area (Å²) in [6.45, 7) is 1.52. The maximum absolute atomic E-state index is 14.3. The maximum Gasteiger partial charge on any atom is 0.259 e. The molecule has 0 radical (unpaired) electrons. The van der Waals surface area contributed by atoms with Crippen LogP contribution in [0.2, 0.25) is 5.02 Å². The highest BCUT2D eigenvalue weighted by Crippen LogP contribution is 2.30. The van der Waals surface area contributed by atoms with Crippen molar-refractivity contribution in [3.05, 3.63) is 64.5 Å². The van der Waals surface area contributed by atoms with Crippen molar-refractivity contribution < 1.29 is 23.8 Å². The van der Waals surface area contributed by atoms with Crippen molar-refractivity contribution in [2.24, 2.45) is 0 Å². The summed E-state index contributed by atoms with van der Waals surface area (Å²) < 4.78 is 20.0. The molecular formula is C20H19ClFN5O4. The van der Waals surface area contributed by atoms with E-state index < -0.39 is 17.8 Å². The first-order chi connectivity index (χ1) is 14.8. The standard InChI is InChI=1S/C20H19ClFN5O4/c1-11(28)8-24-20(29)14-10-27(30)6-5-16(14)25-19-17(31-2)9-23-18(26-19)13-7-12(21)3-4-15(13)22/h3-7,9-11,28H,8H2,1-2H3,(H,24,29)(H,23,25,26). The fraction of sp³-hybridized carbons (Fsp3) is 0.200. The van der Waals surface area contributed by atoms with E-state index in [1.165, 1.54) is 50.7 Å². The van der Waals surface area contributed by atoms with Gasteiger partial charge >= 0.3 is 0 Å². The second kappa shape index (κ2) is 9.54. The molecule has 1 aromatic carbocycles. The molecule has 162 valence electrons. The van der Waals surface area contributed by atoms with Gasteiger partial charge in [0.15, 0.2) is 29.8 Å². The number of hydrogen-bond acceptors (Lipinski definition) is 7. The number of amides is 1. The predicted molar refractivity (Wildman–Crippen MR) is 112 cm³/mol. The number of methoxy groups -OCH3 is 1. The molecular weight excluding hydrogens is 429 g/mol. The largest absolute Gasteiger partial charge is 0.619 e. The normalized spacial score (nSPS) is 11.6. The van der Waals surface area contributed by atoms with Gasteiger partial charge in [-0.15, -0.1) is 0 Å². The van der Waals surface area contributed by atoms with Gasteiger partial charge in [0.25, 0.3) is 5.91 Å². The number of hydrogen-bond donors (Lipinski definition) is 3. The fourth-order valence-electron chi connectivity index (χ4n) is 2.64. The van der Waals surface area contributed by atoms with E-state index in [1.807, 2.05) is 0 Å². The summed E-state index contributed by atoms with van der Waals surface area (Å²) in [5.41, 5.74) is 0.331. The minimum Gasteiger partial charge on any atom is -0.619 e. The Morgan fingerprint density at radius 2 is 2.19 bits per heavy atom. The molecule has 31 heavy (non-hydrogen) atoms. The molecule has 3 N–H and O–H groups in total. The summed E-state index contributed by atoms with van der Waals surface area (Å²) in [4.78, 5) is 20.9. The number of pyridine rings is 1. The second-order valence-electron chi connectivity index (χ2n) is 6.55. The van der Waals surface area contributed by atoms with E-state index in [0.29, 0.717) is 9.75 Å². The van der Waals surface area contributed by atoms with Crippen LogP contribution in [0.25, 0.3) is 11.4 Å². The number of halogens is 2. The third-order valence-corrected chi connectivity index (χ3v) is 4.37. The average Bonchev–Trinajstić information content (AvgIpc) is 2.74. The second-order valence-corrected chi connectivity index (χ2v) is 6.99. The van der Waals surface area contributed by atoms with Crippen molar-refractivity contribution in [1.82, 2.24) is 15.3 Å². The van der Waals surface area contributed by atoms with Crippen LogP contribution in [0, 0.1) is 11.0 Å². The van der Waals surface area contributed by atoms with Crippen LogP contribution in [0.4, 0.5) is 15.9 Å². The SMILES string of the molecule is COc1cnc(-c2cc(Cl)ccc2F)nc1Nc1cc[n+]([O-])cc1C(=O)NCC(C)O. The van der Waals surface area contributed by atoms with E-state index in [4.69, 9.17) is 16.3 Å². The molecule has 2 aromatic heterocycles. The molecule has 0 aliphatic heterocycles. The zero-order valence-corrected chi connectivity index (χ0v) is 17.4. The van der Waals surface area contributed by atoms with E-state index in [-0.39, 0.29) is 40.8 Å². The quantitative estimate of drug-likeness (QED) is 0.375. The number of carbonyl (C=O) groups is 1. The van der Waals surface area contributed by atoms with E-state index in [2.05, 4.69) is 20.6 Å². The molecule has 1 amide bonds. The van der Waals surface area contributed by atoms with Crippen LogP contribution in [-0.2, 0) is 0 Å². The lowest BCUT2D eigenvalue weighted by molar-refractivity contribution is -0.605. The number of aromatic nitrogens is 3. The van der Waals surface area contributed by atoms with Gasteiger partial charge in [0.2, 0.25) is 0 Å². The molecule has 0 fully saturated rings. The lowest BCUT2D eigenvalue weighted by Gasteiger charge is -2.14. The predicted octanol–water partition coefficient (Wildman–Crippen LogP) is 2.43. The maximum atomic E-state index is 14.3. The number of nitrogens with zero attached hydrogens (tertiary/aromatic N) is 3. The van der Waals surface area contributed by atoms with Crippen LogP contribution in [-0.4, -0.2) is 40.7 Å². The molecule has 11 heteroatoms. The molecule has 0 saturated heterocycles. The van der Waals surface area contributed by atoms with Gasteiger partial charge in [-0.25, -0.2) is 14.4 Å². The van der Waals surface area contributed by atoms with E-state index in [0.717, 1.165) is 6.20 Å². The lowest BCUT2D eigenvalue weighted by atomic mass is 10.2. The Morgan fingerprint density at radius 1 is 1.42 bits per heavy atom. The highest BCUT2D eigenvalue weighted by atomic mass is 35.5. The molecule has 0 bridgehead atoms. The minimum absolute atomic E-state index is 0.00104. The summed E-state index contributed by atoms with van der Waals surface area (Å²) in [6, 6.07) is 5.38. The number of ether oxygens (including phenoxy) is 1. The van der Waals surface area contributed by atoms with Crippen LogP contribution >= 0.6 is 11.6 Å². The number of anilines is 2. The number of carbonyl (C=O) groups excluding carboxylic acids is 1. The minimum atomic E-state index is -0.763. The third kappa shape index (κ3) is 5.36. The highest BCUT2D eigenvalue weighted by molar-refractivity contribution is 6.30. The van der Waals surface area contributed by atoms with Crippen molar-refractivity contribution in [2.75, 3.05) is 19.0 Å². The van der Waals surface area contributed by atoms with E-state index in [9.17, 15) is 19.5 Å². The van der Waals surface area contributed by atoms with Crippen molar-refractivity contribution in [2.45, 2.75) is 13.0 Å². The van der Waals surface area contributed by atoms with Gasteiger partial charge in [0.05, 0.1) is 30.7 Å². The first kappa shape index (κ1) is 22.2. The lowest BCUT2D eigenvalue weighted by Crippen LogP contribution is -2.34. The number of rotatable bonds is 7. The van der Waals surface area contributed by atoms with Crippen molar-refractivity contribution in [1.29, 1.82) is 0 Å². The summed E-state index contributed by atoms with van der Waals surface area (Å²) in [7, 11) is 1.40. The van der Waals surface area contributed by atoms with Crippen LogP contribution in [0.3, 0.4) is 0 Å². The average molecular weight is 448 g/mol. The molecule has 2 heterocycles. The molecule has 0 aliphatic rings. The number of aliphatic hydroxyl groups excluding tert-OH is 1. The van der Waals surface area contributed by atoms with E-state index >= 15 is 0 Å². The molecule has 1 unspecified atom stereocenters. The topological polar surface area (TPSA) is 123 Å². The van der Waals surface area contributed by atoms with Crippen LogP contribution in [0.5, 0.6) is 5.75 Å². The Labute approximate surface area is 182 Å². The van der Waals surface area contributed by atoms with Crippen molar-refractivity contribution in [3.63, 3.8) is 0 Å². The van der Waals surface area contributed by atoms with Gasteiger partial charge in [0.1, 0.15) is 11.4 Å². The molecule has 9 nitrogen and oxygen atoms in total. The van der Waals surface area contributed by atoms with E-state index in [1.54, 1.807) is 0 Å². The Hall–Kier alpha value is -3.50. The first-order valence-electron chi connectivity index (χ1n) is 9.11. The zero-order chi connectivity index (χ0) is 22.5. The first-order valence-corrected chi connectivity index (χ1v) is 9.49. The molecule has 3 rings (SSSR count). The van der Waals surface area contributed by atoms with Gasteiger partial charge in [-0.05, 0) is 25.1 Å². The summed E-state index contributed by atoms with van der Waals surface area (Å²) >= 11 is 5.96. The smallest absolute Gasteiger partial charge is 0.259 e. The molecule has 0 spiro atoms. The monoisotopic (exact) mass is 447 g/mol. The number of benzene rings is 1. The Balaban J connectivity index is 2.00. The summed E-state index contributed by atoms with van der Waals surface area (Å²) in [5.74, 6) is -0.743. The summed E-state index contributed by atoms with van der Waals surface area (Å²) in [6.07, 6.45) is 2.85. The van der Waals surface area contributed by atoms with Crippen molar-refractivity contribution >= 4 is 29.0 Å². The Bertz CT molecular complexity index is 1110. The van der Waals surface area contributed by atoms with Crippen LogP contribution < -0.4 is 20.1 Å². The molecule has 0 aliphatic carbocycles. The zero-order valence-electron chi connectivity index (χ0n) is 16.6. The van der Waals surface area contributed by atoms with Gasteiger partial charge in [-0.2, -0.15) is 4.73 Å². The number of aliphatic hydroxyl groups is 1. The van der Waals surface area contributed by atoms with Gasteiger partial charge < -0.3 is 25.7 Å². The van der Waals surface area contributed by atoms with Gasteiger partial charge in [-0.1, -0.05) is 11.6 Å². The van der Waals surface area contributed by atoms with Crippen LogP contribution in [0.1, 0.15) is 17.3 Å². The fourth-order valence-corrected chi connectivity index (χ4v) is 2.81. The summed E-state index contributed by atoms with van der Waals surface area (Å²) in [5, 5.41) is 26.9. The Kier molecular flexibility index (Phi) is 6.83. The van der Waals surface area contributed by atoms with Crippen LogP contribution in [0.15, 0.2) is 42.9 Å².